The summed E-state index contributed by atoms with van der Waals surface area (Å²) in [6.45, 7) is -0.437. The number of hydrogen-bond donors (Lipinski definition) is 9. The Labute approximate surface area is 214 Å². The Balaban J connectivity index is 3.06. The van der Waals surface area contributed by atoms with E-state index < -0.39 is 72.6 Å². The van der Waals surface area contributed by atoms with E-state index in [1.165, 1.54) is 0 Å². The molecule has 0 aliphatic carbocycles. The summed E-state index contributed by atoms with van der Waals surface area (Å²) in [4.78, 5) is 76.8. The number of amides is 5. The quantitative estimate of drug-likeness (QED) is 0.0626. The highest BCUT2D eigenvalue weighted by Gasteiger charge is 2.29. The first-order valence-corrected chi connectivity index (χ1v) is 13.1. The number of aliphatic imine (C=N–C) groups is 1. The van der Waals surface area contributed by atoms with Gasteiger partial charge in [-0.15, -0.1) is 0 Å². The van der Waals surface area contributed by atoms with Crippen LogP contribution in [0.4, 0.5) is 0 Å². The van der Waals surface area contributed by atoms with Crippen LogP contribution in [0, 0.1) is 0 Å². The lowest BCUT2D eigenvalue weighted by Crippen LogP contribution is -2.56. The molecule has 0 unspecified atom stereocenters. The van der Waals surface area contributed by atoms with Gasteiger partial charge in [0.15, 0.2) is 5.96 Å². The van der Waals surface area contributed by atoms with Crippen LogP contribution in [0.2, 0.25) is 0 Å². The fourth-order valence-corrected chi connectivity index (χ4v) is 5.05. The number of carboxylic acids is 1. The number of carboxylic acid groups (broad SMARTS) is 1. The number of carbonyl (C=O) groups is 6. The maximum Gasteiger partial charge on any atom is 0.305 e. The van der Waals surface area contributed by atoms with E-state index in [9.17, 15) is 28.8 Å². The Hall–Kier alpha value is -3.25. The fourth-order valence-electron chi connectivity index (χ4n) is 2.75. The fraction of sp³-hybridized carbons (Fsp3) is 0.611. The van der Waals surface area contributed by atoms with Gasteiger partial charge in [-0.05, 0) is 12.8 Å². The predicted molar refractivity (Wildman–Crippen MR) is 133 cm³/mol. The molecule has 16 nitrogen and oxygen atoms in total. The minimum Gasteiger partial charge on any atom is -0.481 e. The van der Waals surface area contributed by atoms with Crippen molar-refractivity contribution in [3.8, 4) is 0 Å². The number of rotatable bonds is 7. The average molecular weight is 550 g/mol. The van der Waals surface area contributed by atoms with Crippen LogP contribution < -0.4 is 44.2 Å². The molecule has 36 heavy (non-hydrogen) atoms. The van der Waals surface area contributed by atoms with E-state index in [4.69, 9.17) is 28.0 Å². The summed E-state index contributed by atoms with van der Waals surface area (Å²) in [6.07, 6.45) is -0.343. The molecule has 0 bridgehead atoms. The molecule has 4 atom stereocenters. The van der Waals surface area contributed by atoms with Crippen molar-refractivity contribution in [3.05, 3.63) is 0 Å². The molecule has 1 heterocycles. The molecule has 0 saturated carbocycles. The molecule has 0 aromatic heterocycles. The molecular weight excluding hydrogens is 518 g/mol. The number of nitrogens with zero attached hydrogens (tertiary/aromatic N) is 1. The van der Waals surface area contributed by atoms with Crippen molar-refractivity contribution in [1.82, 2.24) is 21.3 Å². The van der Waals surface area contributed by atoms with Gasteiger partial charge in [0.2, 0.25) is 29.5 Å². The zero-order chi connectivity index (χ0) is 27.3. The second-order valence-electron chi connectivity index (χ2n) is 7.58. The second kappa shape index (κ2) is 15.7. The maximum atomic E-state index is 12.7. The van der Waals surface area contributed by atoms with Crippen molar-refractivity contribution >= 4 is 63.1 Å². The van der Waals surface area contributed by atoms with Crippen molar-refractivity contribution < 1.29 is 33.9 Å². The van der Waals surface area contributed by atoms with Crippen molar-refractivity contribution in [2.75, 3.05) is 24.6 Å². The van der Waals surface area contributed by atoms with Crippen LogP contribution in [0.5, 0.6) is 0 Å². The van der Waals surface area contributed by atoms with Crippen LogP contribution in [0.25, 0.3) is 0 Å². The third kappa shape index (κ3) is 11.9. The molecule has 202 valence electrons. The number of hydrogen-bond acceptors (Lipinski definition) is 10. The molecule has 1 aliphatic rings. The first kappa shape index (κ1) is 30.8. The smallest absolute Gasteiger partial charge is 0.305 e. The number of carbonyl (C=O) groups excluding carboxylic acids is 5. The number of aliphatic carboxylic acids is 1. The summed E-state index contributed by atoms with van der Waals surface area (Å²) < 4.78 is 0. The monoisotopic (exact) mass is 549 g/mol. The Morgan fingerprint density at radius 3 is 2.22 bits per heavy atom. The van der Waals surface area contributed by atoms with Crippen LogP contribution in [-0.2, 0) is 28.8 Å². The molecule has 1 fully saturated rings. The van der Waals surface area contributed by atoms with Crippen LogP contribution in [-0.4, -0.2) is 95.3 Å². The summed E-state index contributed by atoms with van der Waals surface area (Å²) >= 11 is 0. The van der Waals surface area contributed by atoms with Crippen LogP contribution >= 0.6 is 21.6 Å². The van der Waals surface area contributed by atoms with Crippen molar-refractivity contribution in [1.29, 1.82) is 0 Å². The highest BCUT2D eigenvalue weighted by molar-refractivity contribution is 8.76. The molecule has 13 N–H and O–H groups in total. The molecule has 18 heteroatoms. The lowest BCUT2D eigenvalue weighted by Gasteiger charge is -2.21. The second-order valence-corrected chi connectivity index (χ2v) is 10.1. The summed E-state index contributed by atoms with van der Waals surface area (Å²) in [5, 5.41) is 18.5. The van der Waals surface area contributed by atoms with Crippen LogP contribution in [0.15, 0.2) is 4.99 Å². The summed E-state index contributed by atoms with van der Waals surface area (Å²) in [5.74, 6) is -5.48. The molecular formula is C18H31N9O7S2. The van der Waals surface area contributed by atoms with E-state index in [2.05, 4.69) is 26.3 Å². The first-order chi connectivity index (χ1) is 16.9. The number of primary amides is 1. The largest absolute Gasteiger partial charge is 0.481 e. The van der Waals surface area contributed by atoms with Gasteiger partial charge in [-0.25, -0.2) is 0 Å². The van der Waals surface area contributed by atoms with E-state index >= 15 is 0 Å². The average Bonchev–Trinajstić information content (AvgIpc) is 2.79. The molecule has 0 radical (unpaired) electrons. The van der Waals surface area contributed by atoms with Gasteiger partial charge in [0.25, 0.3) is 0 Å². The predicted octanol–water partition coefficient (Wildman–Crippen LogP) is -4.71. The Kier molecular flexibility index (Phi) is 13.4. The summed E-state index contributed by atoms with van der Waals surface area (Å²) in [5.41, 5.74) is 21.8. The Morgan fingerprint density at radius 1 is 0.944 bits per heavy atom. The minimum atomic E-state index is -1.54. The Bertz CT molecular complexity index is 870. The number of guanidine groups is 1. The van der Waals surface area contributed by atoms with Gasteiger partial charge in [-0.2, -0.15) is 0 Å². The van der Waals surface area contributed by atoms with Crippen molar-refractivity contribution in [3.63, 3.8) is 0 Å². The first-order valence-electron chi connectivity index (χ1n) is 10.6. The highest BCUT2D eigenvalue weighted by Crippen LogP contribution is 2.22. The summed E-state index contributed by atoms with van der Waals surface area (Å²) in [6, 6.07) is -4.81. The normalized spacial score (nSPS) is 24.8. The molecule has 5 amide bonds. The van der Waals surface area contributed by atoms with Gasteiger partial charge in [-0.3, -0.25) is 33.8 Å². The van der Waals surface area contributed by atoms with Crippen LogP contribution in [0.3, 0.4) is 0 Å². The standard InChI is InChI=1S/C18H31N9O7S2/c19-8-6-35-36-7-11(14(20)31)27-17(34)10(4-13(29)30)25-12(28)5-24-16(33)9(26-15(8)32)2-1-3-23-18(21)22/h8-11H,1-7,19H2,(H2,20,31)(H,24,33)(H,25,28)(H,26,32)(H,27,34)(H,29,30)(H4,21,22,23)/t8-,9-,10-,11-/m0/s1. The lowest BCUT2D eigenvalue weighted by molar-refractivity contribution is -0.141. The molecule has 0 aromatic carbocycles. The van der Waals surface area contributed by atoms with Gasteiger partial charge in [-0.1, -0.05) is 21.6 Å². The van der Waals surface area contributed by atoms with Crippen molar-refractivity contribution in [2.45, 2.75) is 43.4 Å². The van der Waals surface area contributed by atoms with Gasteiger partial charge in [0.1, 0.15) is 18.1 Å². The topological polar surface area (TPSA) is 287 Å². The molecule has 1 aliphatic heterocycles. The highest BCUT2D eigenvalue weighted by atomic mass is 33.1. The zero-order valence-corrected chi connectivity index (χ0v) is 20.9. The third-order valence-corrected chi connectivity index (χ3v) is 7.04. The van der Waals surface area contributed by atoms with E-state index in [1.807, 2.05) is 0 Å². The zero-order valence-electron chi connectivity index (χ0n) is 19.2. The SMILES string of the molecule is NC(=O)[C@@H]1CSSC[C@H](N)C(=O)N[C@@H](CCCN=C(N)N)C(=O)NCC(=O)N[C@@H](CC(=O)O)C(=O)N1. The van der Waals surface area contributed by atoms with E-state index in [0.717, 1.165) is 21.6 Å². The van der Waals surface area contributed by atoms with E-state index in [1.54, 1.807) is 0 Å². The number of nitrogens with two attached hydrogens (primary N) is 4. The van der Waals surface area contributed by atoms with Gasteiger partial charge in [0.05, 0.1) is 19.0 Å². The van der Waals surface area contributed by atoms with Crippen molar-refractivity contribution in [2.24, 2.45) is 27.9 Å². The minimum absolute atomic E-state index is 0.0126. The summed E-state index contributed by atoms with van der Waals surface area (Å²) in [7, 11) is 2.22. The molecule has 1 saturated heterocycles. The van der Waals surface area contributed by atoms with Gasteiger partial charge >= 0.3 is 5.97 Å². The molecule has 0 spiro atoms. The molecule has 0 aromatic rings. The molecule has 1 rings (SSSR count). The van der Waals surface area contributed by atoms with Gasteiger partial charge < -0.3 is 49.3 Å². The van der Waals surface area contributed by atoms with Gasteiger partial charge in [0, 0.05) is 18.1 Å². The maximum absolute atomic E-state index is 12.7. The third-order valence-electron chi connectivity index (χ3n) is 4.59. The lowest BCUT2D eigenvalue weighted by atomic mass is 10.1. The number of nitrogens with one attached hydrogen (secondary N) is 4. The Morgan fingerprint density at radius 2 is 1.61 bits per heavy atom. The van der Waals surface area contributed by atoms with E-state index in [0.29, 0.717) is 6.42 Å². The van der Waals surface area contributed by atoms with E-state index in [-0.39, 0.29) is 30.4 Å². The van der Waals surface area contributed by atoms with Crippen LogP contribution in [0.1, 0.15) is 19.3 Å².